The Bertz CT molecular complexity index is 305. The Kier molecular flexibility index (Phi) is 5.37. The smallest absolute Gasteiger partial charge is 0.339 e. The fourth-order valence-corrected chi connectivity index (χ4v) is 0.823. The molecule has 0 heterocycles. The number of carboxylic acid groups (broad SMARTS) is 1. The fourth-order valence-electron chi connectivity index (χ4n) is 0.823. The highest BCUT2D eigenvalue weighted by Gasteiger charge is 2.07. The maximum atomic E-state index is 10.4. The number of aryl methyl sites for hydroxylation is 1. The van der Waals surface area contributed by atoms with E-state index in [1.54, 1.807) is 13.0 Å². The van der Waals surface area contributed by atoms with Crippen LogP contribution in [0, 0.1) is 6.92 Å². The van der Waals surface area contributed by atoms with Crippen molar-refractivity contribution in [3.63, 3.8) is 0 Å². The summed E-state index contributed by atoms with van der Waals surface area (Å²) in [5.41, 5.74) is 0.781. The normalized spacial score (nSPS) is 8.79. The van der Waals surface area contributed by atoms with Gasteiger partial charge in [0.05, 0.1) is 0 Å². The molecule has 0 atom stereocenters. The van der Waals surface area contributed by atoms with Crippen LogP contribution in [0.15, 0.2) is 18.2 Å². The van der Waals surface area contributed by atoms with Gasteiger partial charge in [0.15, 0.2) is 0 Å². The van der Waals surface area contributed by atoms with E-state index >= 15 is 0 Å². The van der Waals surface area contributed by atoms with Crippen molar-refractivity contribution in [1.82, 2.24) is 0 Å². The Morgan fingerprint density at radius 2 is 1.86 bits per heavy atom. The molecular weight excluding hydrogens is 180 g/mol. The second-order valence-electron chi connectivity index (χ2n) is 3.03. The summed E-state index contributed by atoms with van der Waals surface area (Å²) in [5.74, 6) is -1.29. The van der Waals surface area contributed by atoms with Crippen LogP contribution in [0.3, 0.4) is 0 Å². The van der Waals surface area contributed by atoms with Gasteiger partial charge in [0.1, 0.15) is 11.3 Å². The van der Waals surface area contributed by atoms with Gasteiger partial charge in [-0.2, -0.15) is 0 Å². The molecule has 78 valence electrons. The van der Waals surface area contributed by atoms with E-state index in [4.69, 9.17) is 10.2 Å². The topological polar surface area (TPSA) is 57.5 Å². The van der Waals surface area contributed by atoms with Crippen molar-refractivity contribution >= 4 is 5.97 Å². The summed E-state index contributed by atoms with van der Waals surface area (Å²) >= 11 is 0. The van der Waals surface area contributed by atoms with Crippen LogP contribution in [0.25, 0.3) is 0 Å². The van der Waals surface area contributed by atoms with Gasteiger partial charge in [-0.3, -0.25) is 0 Å². The quantitative estimate of drug-likeness (QED) is 0.726. The maximum Gasteiger partial charge on any atom is 0.339 e. The minimum Gasteiger partial charge on any atom is -0.507 e. The van der Waals surface area contributed by atoms with Crippen LogP contribution in [0.2, 0.25) is 0 Å². The number of aromatic hydroxyl groups is 1. The average molecular weight is 196 g/mol. The molecule has 0 fully saturated rings. The molecule has 0 aliphatic heterocycles. The second kappa shape index (κ2) is 6.02. The highest BCUT2D eigenvalue weighted by molar-refractivity contribution is 5.90. The lowest BCUT2D eigenvalue weighted by Gasteiger charge is -1.98. The summed E-state index contributed by atoms with van der Waals surface area (Å²) in [7, 11) is 0. The molecule has 0 aliphatic rings. The van der Waals surface area contributed by atoms with Gasteiger partial charge < -0.3 is 10.2 Å². The standard InChI is InChI=1S/C8H8O3.C3H8/c1-5-2-3-6(8(10)11)7(9)4-5;1-3-2/h2-4,9H,1H3,(H,10,11);3H2,1-2H3. The first kappa shape index (κ1) is 12.5. The van der Waals surface area contributed by atoms with Crippen LogP contribution in [-0.4, -0.2) is 16.2 Å². The van der Waals surface area contributed by atoms with Crippen LogP contribution >= 0.6 is 0 Å². The average Bonchev–Trinajstić information content (AvgIpc) is 2.04. The first-order valence-electron chi connectivity index (χ1n) is 4.55. The molecule has 0 unspecified atom stereocenters. The summed E-state index contributed by atoms with van der Waals surface area (Å²) in [4.78, 5) is 10.4. The number of rotatable bonds is 1. The number of aromatic carboxylic acids is 1. The third-order valence-electron chi connectivity index (χ3n) is 1.38. The lowest BCUT2D eigenvalue weighted by molar-refractivity contribution is 0.0694. The minimum atomic E-state index is -1.11. The Morgan fingerprint density at radius 1 is 1.36 bits per heavy atom. The van der Waals surface area contributed by atoms with Gasteiger partial charge in [-0.25, -0.2) is 4.79 Å². The molecule has 3 nitrogen and oxygen atoms in total. The van der Waals surface area contributed by atoms with Gasteiger partial charge >= 0.3 is 5.97 Å². The van der Waals surface area contributed by atoms with E-state index < -0.39 is 5.97 Å². The molecular formula is C11H16O3. The van der Waals surface area contributed by atoms with E-state index in [0.717, 1.165) is 5.56 Å². The number of hydrogen-bond donors (Lipinski definition) is 2. The molecule has 1 aromatic rings. The van der Waals surface area contributed by atoms with Gasteiger partial charge in [0, 0.05) is 0 Å². The van der Waals surface area contributed by atoms with E-state index in [1.165, 1.54) is 18.6 Å². The first-order valence-corrected chi connectivity index (χ1v) is 4.55. The van der Waals surface area contributed by atoms with E-state index in [-0.39, 0.29) is 11.3 Å². The van der Waals surface area contributed by atoms with Gasteiger partial charge in [0.2, 0.25) is 0 Å². The monoisotopic (exact) mass is 196 g/mol. The molecule has 0 spiro atoms. The zero-order valence-corrected chi connectivity index (χ0v) is 8.74. The van der Waals surface area contributed by atoms with Crippen molar-refractivity contribution in [2.45, 2.75) is 27.2 Å². The van der Waals surface area contributed by atoms with E-state index in [9.17, 15) is 4.79 Å². The van der Waals surface area contributed by atoms with Gasteiger partial charge in [0.25, 0.3) is 0 Å². The predicted octanol–water partition coefficient (Wildman–Crippen LogP) is 2.82. The predicted molar refractivity (Wildman–Crippen MR) is 55.8 cm³/mol. The van der Waals surface area contributed by atoms with Crippen molar-refractivity contribution in [2.24, 2.45) is 0 Å². The third-order valence-corrected chi connectivity index (χ3v) is 1.38. The zero-order chi connectivity index (χ0) is 11.1. The SMILES string of the molecule is CCC.Cc1ccc(C(=O)O)c(O)c1. The second-order valence-corrected chi connectivity index (χ2v) is 3.03. The molecule has 14 heavy (non-hydrogen) atoms. The van der Waals surface area contributed by atoms with Gasteiger partial charge in [-0.1, -0.05) is 26.3 Å². The minimum absolute atomic E-state index is 0.0596. The van der Waals surface area contributed by atoms with Crippen LogP contribution < -0.4 is 0 Å². The molecule has 3 heteroatoms. The van der Waals surface area contributed by atoms with Crippen LogP contribution in [0.4, 0.5) is 0 Å². The summed E-state index contributed by atoms with van der Waals surface area (Å²) in [6, 6.07) is 4.44. The highest BCUT2D eigenvalue weighted by atomic mass is 16.4. The van der Waals surface area contributed by atoms with Crippen molar-refractivity contribution in [3.8, 4) is 5.75 Å². The Morgan fingerprint density at radius 3 is 2.21 bits per heavy atom. The number of carboxylic acids is 1. The molecule has 0 amide bonds. The zero-order valence-electron chi connectivity index (χ0n) is 8.74. The maximum absolute atomic E-state index is 10.4. The van der Waals surface area contributed by atoms with Crippen molar-refractivity contribution in [3.05, 3.63) is 29.3 Å². The van der Waals surface area contributed by atoms with Crippen LogP contribution in [0.1, 0.15) is 36.2 Å². The van der Waals surface area contributed by atoms with E-state index in [0.29, 0.717) is 0 Å². The fraction of sp³-hybridized carbons (Fsp3) is 0.364. The third kappa shape index (κ3) is 3.94. The van der Waals surface area contributed by atoms with Crippen LogP contribution in [0.5, 0.6) is 5.75 Å². The summed E-state index contributed by atoms with van der Waals surface area (Å²) in [5, 5.41) is 17.6. The van der Waals surface area contributed by atoms with Gasteiger partial charge in [-0.15, -0.1) is 0 Å². The molecule has 0 aromatic heterocycles. The number of hydrogen-bond acceptors (Lipinski definition) is 2. The number of benzene rings is 1. The Hall–Kier alpha value is -1.51. The summed E-state index contributed by atoms with van der Waals surface area (Å²) in [6.45, 7) is 6.03. The lowest BCUT2D eigenvalue weighted by Crippen LogP contribution is -1.96. The Balaban J connectivity index is 0.000000500. The summed E-state index contributed by atoms with van der Waals surface area (Å²) < 4.78 is 0. The van der Waals surface area contributed by atoms with Crippen molar-refractivity contribution < 1.29 is 15.0 Å². The molecule has 0 aliphatic carbocycles. The number of carbonyl (C=O) groups is 1. The molecule has 1 aromatic carbocycles. The first-order chi connectivity index (χ1) is 6.52. The highest BCUT2D eigenvalue weighted by Crippen LogP contribution is 2.17. The van der Waals surface area contributed by atoms with E-state index in [1.807, 2.05) is 0 Å². The number of phenols is 1. The molecule has 0 saturated heterocycles. The van der Waals surface area contributed by atoms with Crippen molar-refractivity contribution in [2.75, 3.05) is 0 Å². The summed E-state index contributed by atoms with van der Waals surface area (Å²) in [6.07, 6.45) is 1.25. The van der Waals surface area contributed by atoms with E-state index in [2.05, 4.69) is 13.8 Å². The molecule has 2 N–H and O–H groups in total. The van der Waals surface area contributed by atoms with Crippen LogP contribution in [-0.2, 0) is 0 Å². The molecule has 0 bridgehead atoms. The lowest BCUT2D eigenvalue weighted by atomic mass is 10.1. The van der Waals surface area contributed by atoms with Crippen molar-refractivity contribution in [1.29, 1.82) is 0 Å². The van der Waals surface area contributed by atoms with Gasteiger partial charge in [-0.05, 0) is 24.6 Å². The largest absolute Gasteiger partial charge is 0.507 e. The molecule has 1 rings (SSSR count). The molecule has 0 saturated carbocycles. The molecule has 0 radical (unpaired) electrons. The Labute approximate surface area is 84.0 Å².